The Bertz CT molecular complexity index is 167. The van der Waals surface area contributed by atoms with Crippen LogP contribution in [-0.4, -0.2) is 42.7 Å². The fourth-order valence-corrected chi connectivity index (χ4v) is 0. The van der Waals surface area contributed by atoms with Crippen LogP contribution in [0.2, 0.25) is 0 Å². The van der Waals surface area contributed by atoms with Crippen LogP contribution in [0.5, 0.6) is 0 Å². The van der Waals surface area contributed by atoms with E-state index in [9.17, 15) is 0 Å². The zero-order chi connectivity index (χ0) is 16.9. The van der Waals surface area contributed by atoms with Gasteiger partial charge < -0.3 is 46.3 Å². The average Bonchev–Trinajstić information content (AvgIpc) is 2.15. The molecule has 0 aromatic heterocycles. The van der Waals surface area contributed by atoms with Gasteiger partial charge in [-0.15, -0.1) is 0 Å². The minimum Gasteiger partial charge on any atom is -0.550 e. The van der Waals surface area contributed by atoms with Gasteiger partial charge in [0.25, 0.3) is 0 Å². The van der Waals surface area contributed by atoms with Crippen molar-refractivity contribution >= 4 is 17.9 Å². The molecule has 0 aliphatic carbocycles. The molecule has 0 radical (unpaired) electrons. The van der Waals surface area contributed by atoms with Crippen molar-refractivity contribution in [3.05, 3.63) is 0 Å². The number of hydrogen-bond acceptors (Lipinski definition) is 9. The zero-order valence-electron chi connectivity index (χ0n) is 13.0. The first kappa shape index (κ1) is 42.8. The largest absolute Gasteiger partial charge is 2.00 e. The van der Waals surface area contributed by atoms with Gasteiger partial charge in [0.1, 0.15) is 0 Å². The molecule has 11 heteroatoms. The van der Waals surface area contributed by atoms with E-state index in [1.165, 1.54) is 0 Å². The average molecular weight is 362 g/mol. The Morgan fingerprint density at radius 1 is 0.857 bits per heavy atom. The summed E-state index contributed by atoms with van der Waals surface area (Å²) < 4.78 is 0. The van der Waals surface area contributed by atoms with Gasteiger partial charge in [-0.25, -0.2) is 0 Å². The number of carboxylic acid groups (broad SMARTS) is 3. The molecule has 5 N–H and O–H groups in total. The number of rotatable bonds is 1. The summed E-state index contributed by atoms with van der Waals surface area (Å²) in [5.74, 6) is -3.25. The normalized spacial score (nSPS) is 5.86. The van der Waals surface area contributed by atoms with Crippen LogP contribution >= 0.6 is 0 Å². The summed E-state index contributed by atoms with van der Waals surface area (Å²) in [7, 11) is 0. The van der Waals surface area contributed by atoms with Gasteiger partial charge >= 0.3 is 46.6 Å². The molecule has 21 heavy (non-hydrogen) atoms. The number of carboxylic acids is 3. The van der Waals surface area contributed by atoms with Crippen LogP contribution in [0, 0.1) is 0 Å². The van der Waals surface area contributed by atoms with Gasteiger partial charge in [-0.2, -0.15) is 0 Å². The van der Waals surface area contributed by atoms with Gasteiger partial charge in [0.05, 0.1) is 0 Å². The summed E-state index contributed by atoms with van der Waals surface area (Å²) >= 11 is 0. The third kappa shape index (κ3) is 9590. The molecule has 0 aromatic rings. The molecule has 0 heterocycles. The van der Waals surface area contributed by atoms with Crippen LogP contribution in [-0.2, 0) is 31.5 Å². The summed E-state index contributed by atoms with van der Waals surface area (Å²) in [6.45, 7) is 6.04. The van der Waals surface area contributed by atoms with Crippen LogP contribution in [0.15, 0.2) is 0 Å². The van der Waals surface area contributed by atoms with Crippen LogP contribution in [0.25, 0.3) is 0 Å². The number of aliphatic carboxylic acids is 3. The summed E-state index contributed by atoms with van der Waals surface area (Å²) in [6.07, 6.45) is 0. The van der Waals surface area contributed by atoms with Crippen LogP contribution in [0.1, 0.15) is 27.7 Å². The zero-order valence-corrected chi connectivity index (χ0v) is 16.1. The van der Waals surface area contributed by atoms with E-state index in [2.05, 4.69) is 0 Å². The quantitative estimate of drug-likeness (QED) is 0.380. The first-order chi connectivity index (χ1) is 8.52. The molecule has 0 rings (SSSR count). The fraction of sp³-hybridized carbons (Fsp3) is 0.700. The van der Waals surface area contributed by atoms with Crippen molar-refractivity contribution in [2.24, 2.45) is 11.5 Å². The standard InChI is InChI=1S/C2H8N2.3C2H4O2.C2H6O.Fe.Na/c3-1-2-4;3*1-2(3)4;1-2-3;;/h1-4H2;3*1H3,(H,3,4);3H,2H2,1H3;;/q;;;;;+2;+1/p-3. The Hall–Kier alpha value is -0.191. The van der Waals surface area contributed by atoms with Gasteiger partial charge in [0.15, 0.2) is 0 Å². The van der Waals surface area contributed by atoms with E-state index in [1.807, 2.05) is 0 Å². The van der Waals surface area contributed by atoms with E-state index in [0.717, 1.165) is 20.8 Å². The van der Waals surface area contributed by atoms with Crippen molar-refractivity contribution in [3.8, 4) is 0 Å². The summed E-state index contributed by atoms with van der Waals surface area (Å²) in [5.41, 5.74) is 9.81. The van der Waals surface area contributed by atoms with E-state index in [-0.39, 0.29) is 53.2 Å². The molecule has 0 saturated heterocycles. The summed E-state index contributed by atoms with van der Waals surface area (Å²) in [6, 6.07) is 0. The number of carbonyl (C=O) groups excluding carboxylic acids is 3. The Morgan fingerprint density at radius 2 is 0.905 bits per heavy atom. The Labute approximate surface area is 157 Å². The van der Waals surface area contributed by atoms with Gasteiger partial charge in [-0.3, -0.25) is 0 Å². The monoisotopic (exact) mass is 362 g/mol. The summed E-state index contributed by atoms with van der Waals surface area (Å²) in [4.78, 5) is 26.7. The van der Waals surface area contributed by atoms with Gasteiger partial charge in [-0.05, 0) is 27.7 Å². The van der Waals surface area contributed by atoms with Gasteiger partial charge in [-0.1, -0.05) is 0 Å². The SMILES string of the molecule is CC(=O)[O-].CC(=O)[O-].CC(=O)[O-].CCO.NCCN.[Fe+2].[Na+]. The molecule has 9 nitrogen and oxygen atoms in total. The Balaban J connectivity index is -0.0000000229. The minimum atomic E-state index is -1.08. The topological polar surface area (TPSA) is 193 Å². The van der Waals surface area contributed by atoms with Crippen molar-refractivity contribution in [1.29, 1.82) is 0 Å². The molecular weight excluding hydrogens is 339 g/mol. The maximum atomic E-state index is 8.89. The third-order valence-electron chi connectivity index (χ3n) is 0.167. The third-order valence-corrected chi connectivity index (χ3v) is 0.167. The maximum absolute atomic E-state index is 8.89. The van der Waals surface area contributed by atoms with Crippen molar-refractivity contribution in [1.82, 2.24) is 0 Å². The second-order valence-electron chi connectivity index (χ2n) is 2.37. The van der Waals surface area contributed by atoms with Crippen molar-refractivity contribution in [2.75, 3.05) is 19.7 Å². The number of hydrogen-bond donors (Lipinski definition) is 3. The Kier molecular flexibility index (Phi) is 102. The van der Waals surface area contributed by atoms with E-state index in [4.69, 9.17) is 46.3 Å². The first-order valence-electron chi connectivity index (χ1n) is 5.06. The molecule has 0 aliphatic heterocycles. The smallest absolute Gasteiger partial charge is 0.550 e. The van der Waals surface area contributed by atoms with Crippen molar-refractivity contribution < 1.29 is 81.4 Å². The van der Waals surface area contributed by atoms with E-state index < -0.39 is 17.9 Å². The molecule has 0 atom stereocenters. The molecule has 0 bridgehead atoms. The predicted molar refractivity (Wildman–Crippen MR) is 62.9 cm³/mol. The molecule has 124 valence electrons. The van der Waals surface area contributed by atoms with Crippen molar-refractivity contribution in [3.63, 3.8) is 0 Å². The first-order valence-corrected chi connectivity index (χ1v) is 5.06. The van der Waals surface area contributed by atoms with Crippen molar-refractivity contribution in [2.45, 2.75) is 27.7 Å². The second kappa shape index (κ2) is 50.3. The number of carbonyl (C=O) groups is 3. The number of aliphatic hydroxyl groups excluding tert-OH is 1. The van der Waals surface area contributed by atoms with Crippen LogP contribution in [0.4, 0.5) is 0 Å². The Morgan fingerprint density at radius 3 is 0.905 bits per heavy atom. The fourth-order valence-electron chi connectivity index (χ4n) is 0. The minimum absolute atomic E-state index is 0. The molecule has 0 unspecified atom stereocenters. The molecule has 0 amide bonds. The van der Waals surface area contributed by atoms with Gasteiger partial charge in [0, 0.05) is 37.6 Å². The maximum Gasteiger partial charge on any atom is 2.00 e. The predicted octanol–water partition coefficient (Wildman–Crippen LogP) is -7.83. The number of aliphatic hydroxyl groups is 1. The van der Waals surface area contributed by atoms with E-state index in [1.54, 1.807) is 6.92 Å². The second-order valence-corrected chi connectivity index (χ2v) is 2.37. The molecule has 0 fully saturated rings. The van der Waals surface area contributed by atoms with Crippen LogP contribution in [0.3, 0.4) is 0 Å². The van der Waals surface area contributed by atoms with Gasteiger partial charge in [0.2, 0.25) is 0 Å². The molecule has 0 aromatic carbocycles. The molecular formula is C10H23FeN2NaO7. The molecule has 0 aliphatic rings. The van der Waals surface area contributed by atoms with Crippen LogP contribution < -0.4 is 56.3 Å². The summed E-state index contributed by atoms with van der Waals surface area (Å²) in [5, 5.41) is 34.2. The number of nitrogens with two attached hydrogens (primary N) is 2. The van der Waals surface area contributed by atoms with E-state index in [0.29, 0.717) is 13.1 Å². The van der Waals surface area contributed by atoms with E-state index >= 15 is 0 Å². The molecule has 0 spiro atoms. The molecule has 0 saturated carbocycles.